The molecule has 0 fully saturated rings. The lowest BCUT2D eigenvalue weighted by atomic mass is 10.2. The van der Waals surface area contributed by atoms with Gasteiger partial charge in [0.15, 0.2) is 17.6 Å². The van der Waals surface area contributed by atoms with Crippen LogP contribution in [0, 0.1) is 0 Å². The topological polar surface area (TPSA) is 108 Å². The number of benzene rings is 2. The van der Waals surface area contributed by atoms with E-state index in [4.69, 9.17) is 19.9 Å². The summed E-state index contributed by atoms with van der Waals surface area (Å²) < 4.78 is 44.4. The third-order valence-corrected chi connectivity index (χ3v) is 5.93. The summed E-state index contributed by atoms with van der Waals surface area (Å²) in [5, 5.41) is 0. The summed E-state index contributed by atoms with van der Waals surface area (Å²) in [6.45, 7) is 4.18. The molecule has 0 saturated heterocycles. The molecule has 1 amide bonds. The number of carbonyl (C=O) groups is 1. The molecule has 2 N–H and O–H groups in total. The van der Waals surface area contributed by atoms with Crippen molar-refractivity contribution in [2.75, 3.05) is 24.1 Å². The molecule has 150 valence electrons. The number of amides is 1. The molecule has 0 spiro atoms. The largest absolute Gasteiger partial charge is 0.490 e. The van der Waals surface area contributed by atoms with Gasteiger partial charge in [-0.2, -0.15) is 0 Å². The first kappa shape index (κ1) is 19.8. The lowest BCUT2D eigenvalue weighted by molar-refractivity contribution is -0.124. The van der Waals surface area contributed by atoms with Crippen LogP contribution in [0.5, 0.6) is 17.2 Å². The van der Waals surface area contributed by atoms with Crippen LogP contribution in [0.25, 0.3) is 0 Å². The number of nitrogens with two attached hydrogens (primary N) is 1. The van der Waals surface area contributed by atoms with Crippen molar-refractivity contribution in [3.63, 3.8) is 0 Å². The second-order valence-corrected chi connectivity index (χ2v) is 7.85. The smallest absolute Gasteiger partial charge is 0.264 e. The quantitative estimate of drug-likeness (QED) is 0.753. The molecule has 9 heteroatoms. The summed E-state index contributed by atoms with van der Waals surface area (Å²) >= 11 is 0. The minimum absolute atomic E-state index is 0.0133. The molecule has 28 heavy (non-hydrogen) atoms. The Kier molecular flexibility index (Phi) is 5.64. The monoisotopic (exact) mass is 406 g/mol. The van der Waals surface area contributed by atoms with Crippen molar-refractivity contribution in [2.24, 2.45) is 5.73 Å². The number of hydrogen-bond acceptors (Lipinski definition) is 6. The third-order valence-electron chi connectivity index (χ3n) is 4.16. The maximum Gasteiger partial charge on any atom is 0.264 e. The molecule has 1 aliphatic rings. The molecule has 1 aliphatic heterocycles. The van der Waals surface area contributed by atoms with Crippen LogP contribution >= 0.6 is 0 Å². The van der Waals surface area contributed by atoms with Gasteiger partial charge in [-0.15, -0.1) is 0 Å². The maximum atomic E-state index is 13.4. The van der Waals surface area contributed by atoms with E-state index in [2.05, 4.69) is 0 Å². The Hall–Kier alpha value is -2.94. The normalized spacial score (nSPS) is 16.1. The molecule has 1 atom stereocenters. The Morgan fingerprint density at radius 3 is 2.50 bits per heavy atom. The summed E-state index contributed by atoms with van der Waals surface area (Å²) in [6.07, 6.45) is -1.08. The van der Waals surface area contributed by atoms with E-state index in [9.17, 15) is 13.2 Å². The highest BCUT2D eigenvalue weighted by atomic mass is 32.2. The SMILES string of the molecule is CCOc1ccc(S(=O)(=O)N2C[C@@H](C(N)=O)Oc3ccccc32)cc1OCC. The van der Waals surface area contributed by atoms with Crippen molar-refractivity contribution in [3.8, 4) is 17.2 Å². The fourth-order valence-corrected chi connectivity index (χ4v) is 4.39. The molecule has 3 rings (SSSR count). The summed E-state index contributed by atoms with van der Waals surface area (Å²) in [6, 6.07) is 11.0. The number of fused-ring (bicyclic) bond motifs is 1. The summed E-state index contributed by atoms with van der Waals surface area (Å²) in [5.41, 5.74) is 5.70. The Bertz CT molecular complexity index is 976. The Morgan fingerprint density at radius 1 is 1.14 bits per heavy atom. The lowest BCUT2D eigenvalue weighted by Gasteiger charge is -2.34. The number of hydrogen-bond donors (Lipinski definition) is 1. The van der Waals surface area contributed by atoms with Gasteiger partial charge in [-0.3, -0.25) is 9.10 Å². The van der Waals surface area contributed by atoms with Crippen LogP contribution in [0.4, 0.5) is 5.69 Å². The zero-order valence-corrected chi connectivity index (χ0v) is 16.4. The van der Waals surface area contributed by atoms with Gasteiger partial charge in [0, 0.05) is 6.07 Å². The fourth-order valence-electron chi connectivity index (χ4n) is 2.90. The maximum absolute atomic E-state index is 13.4. The van der Waals surface area contributed by atoms with Crippen molar-refractivity contribution in [3.05, 3.63) is 42.5 Å². The van der Waals surface area contributed by atoms with Crippen LogP contribution in [0.1, 0.15) is 13.8 Å². The molecule has 0 unspecified atom stereocenters. The summed E-state index contributed by atoms with van der Waals surface area (Å²) in [5.74, 6) is 0.326. The number of ether oxygens (including phenoxy) is 3. The molecule has 2 aromatic carbocycles. The van der Waals surface area contributed by atoms with E-state index in [-0.39, 0.29) is 17.2 Å². The summed E-state index contributed by atoms with van der Waals surface area (Å²) in [7, 11) is -4.00. The first-order valence-corrected chi connectivity index (χ1v) is 10.3. The standard InChI is InChI=1S/C19H22N2O6S/c1-3-25-16-10-9-13(11-17(16)26-4-2)28(23,24)21-12-18(19(20)22)27-15-8-6-5-7-14(15)21/h5-11,18H,3-4,12H2,1-2H3,(H2,20,22)/t18-/m0/s1. The van der Waals surface area contributed by atoms with E-state index < -0.39 is 22.0 Å². The minimum Gasteiger partial charge on any atom is -0.490 e. The van der Waals surface area contributed by atoms with Gasteiger partial charge >= 0.3 is 0 Å². The lowest BCUT2D eigenvalue weighted by Crippen LogP contribution is -2.49. The van der Waals surface area contributed by atoms with Gasteiger partial charge < -0.3 is 19.9 Å². The van der Waals surface area contributed by atoms with Crippen LogP contribution in [0.15, 0.2) is 47.4 Å². The molecular weight excluding hydrogens is 384 g/mol. The predicted molar refractivity (Wildman–Crippen MR) is 103 cm³/mol. The molecule has 1 heterocycles. The van der Waals surface area contributed by atoms with Crippen LogP contribution in [-0.2, 0) is 14.8 Å². The van der Waals surface area contributed by atoms with Gasteiger partial charge in [-0.1, -0.05) is 12.1 Å². The Labute approximate surface area is 163 Å². The van der Waals surface area contributed by atoms with Crippen LogP contribution in [0.2, 0.25) is 0 Å². The van der Waals surface area contributed by atoms with E-state index in [0.717, 1.165) is 4.31 Å². The van der Waals surface area contributed by atoms with Gasteiger partial charge in [-0.25, -0.2) is 8.42 Å². The molecule has 0 bridgehead atoms. The van der Waals surface area contributed by atoms with E-state index in [1.165, 1.54) is 12.1 Å². The number of primary amides is 1. The average Bonchev–Trinajstić information content (AvgIpc) is 2.68. The number of anilines is 1. The highest BCUT2D eigenvalue weighted by Crippen LogP contribution is 2.38. The molecule has 2 aromatic rings. The van der Waals surface area contributed by atoms with Gasteiger partial charge in [0.1, 0.15) is 5.75 Å². The van der Waals surface area contributed by atoms with Crippen LogP contribution in [0.3, 0.4) is 0 Å². The van der Waals surface area contributed by atoms with Gasteiger partial charge in [0.2, 0.25) is 0 Å². The van der Waals surface area contributed by atoms with Crippen molar-refractivity contribution in [2.45, 2.75) is 24.8 Å². The Balaban J connectivity index is 2.07. The van der Waals surface area contributed by atoms with Gasteiger partial charge in [0.05, 0.1) is 30.3 Å². The van der Waals surface area contributed by atoms with Crippen molar-refractivity contribution >= 4 is 21.6 Å². The zero-order valence-electron chi connectivity index (χ0n) is 15.6. The average molecular weight is 406 g/mol. The minimum atomic E-state index is -4.00. The number of rotatable bonds is 7. The highest BCUT2D eigenvalue weighted by Gasteiger charge is 2.37. The highest BCUT2D eigenvalue weighted by molar-refractivity contribution is 7.92. The van der Waals surface area contributed by atoms with Gasteiger partial charge in [0.25, 0.3) is 15.9 Å². The van der Waals surface area contributed by atoms with Gasteiger partial charge in [-0.05, 0) is 38.1 Å². The Morgan fingerprint density at radius 2 is 1.82 bits per heavy atom. The molecule has 0 aliphatic carbocycles. The van der Waals surface area contributed by atoms with Crippen LogP contribution in [-0.4, -0.2) is 40.2 Å². The first-order chi connectivity index (χ1) is 13.4. The van der Waals surface area contributed by atoms with Crippen LogP contribution < -0.4 is 24.2 Å². The zero-order chi connectivity index (χ0) is 20.3. The van der Waals surface area contributed by atoms with Crippen molar-refractivity contribution in [1.82, 2.24) is 0 Å². The van der Waals surface area contributed by atoms with Crippen molar-refractivity contribution < 1.29 is 27.4 Å². The molecular formula is C19H22N2O6S. The second kappa shape index (κ2) is 7.97. The number of para-hydroxylation sites is 2. The van der Waals surface area contributed by atoms with E-state index in [0.29, 0.717) is 30.4 Å². The molecule has 0 radical (unpaired) electrons. The fraction of sp³-hybridized carbons (Fsp3) is 0.316. The number of nitrogens with zero attached hydrogens (tertiary/aromatic N) is 1. The summed E-state index contributed by atoms with van der Waals surface area (Å²) in [4.78, 5) is 11.7. The van der Waals surface area contributed by atoms with E-state index in [1.54, 1.807) is 37.3 Å². The van der Waals surface area contributed by atoms with E-state index >= 15 is 0 Å². The molecule has 8 nitrogen and oxygen atoms in total. The molecule has 0 saturated carbocycles. The predicted octanol–water partition coefficient (Wildman–Crippen LogP) is 1.93. The number of sulfonamides is 1. The first-order valence-electron chi connectivity index (χ1n) is 8.85. The molecule has 0 aromatic heterocycles. The second-order valence-electron chi connectivity index (χ2n) is 5.99. The van der Waals surface area contributed by atoms with Crippen molar-refractivity contribution in [1.29, 1.82) is 0 Å². The third kappa shape index (κ3) is 3.70. The number of carbonyl (C=O) groups excluding carboxylic acids is 1. The van der Waals surface area contributed by atoms with E-state index in [1.807, 2.05) is 6.92 Å².